The van der Waals surface area contributed by atoms with E-state index in [-0.39, 0.29) is 12.0 Å². The molecule has 0 aliphatic heterocycles. The van der Waals surface area contributed by atoms with Crippen LogP contribution in [0, 0.1) is 5.92 Å². The number of benzene rings is 1. The van der Waals surface area contributed by atoms with Gasteiger partial charge < -0.3 is 19.0 Å². The summed E-state index contributed by atoms with van der Waals surface area (Å²) < 4.78 is 15.9. The minimum Gasteiger partial charge on any atom is -0.497 e. The second kappa shape index (κ2) is 8.67. The summed E-state index contributed by atoms with van der Waals surface area (Å²) in [5.41, 5.74) is 1.10. The van der Waals surface area contributed by atoms with Crippen LogP contribution >= 0.6 is 0 Å². The van der Waals surface area contributed by atoms with E-state index in [1.807, 2.05) is 31.2 Å². The molecule has 106 valence electrons. The maximum absolute atomic E-state index is 10.7. The quantitative estimate of drug-likeness (QED) is 0.509. The third-order valence-corrected chi connectivity index (χ3v) is 3.08. The van der Waals surface area contributed by atoms with Crippen LogP contribution in [0.15, 0.2) is 24.3 Å². The van der Waals surface area contributed by atoms with E-state index in [4.69, 9.17) is 14.2 Å². The Balaban J connectivity index is 2.27. The van der Waals surface area contributed by atoms with Gasteiger partial charge in [-0.3, -0.25) is 0 Å². The highest BCUT2D eigenvalue weighted by Crippen LogP contribution is 2.13. The van der Waals surface area contributed by atoms with Gasteiger partial charge in [0, 0.05) is 19.6 Å². The fourth-order valence-electron chi connectivity index (χ4n) is 1.79. The molecule has 1 aromatic carbocycles. The number of hydrogen-bond acceptors (Lipinski definition) is 4. The van der Waals surface area contributed by atoms with E-state index in [0.29, 0.717) is 19.6 Å². The molecular formula is C15H22O4. The summed E-state index contributed by atoms with van der Waals surface area (Å²) in [6, 6.07) is 7.76. The first-order valence-corrected chi connectivity index (χ1v) is 6.40. The zero-order valence-electron chi connectivity index (χ0n) is 11.8. The third-order valence-electron chi connectivity index (χ3n) is 3.08. The molecule has 0 unspecified atom stereocenters. The lowest BCUT2D eigenvalue weighted by atomic mass is 10.0. The Bertz CT molecular complexity index is 361. The van der Waals surface area contributed by atoms with Crippen LogP contribution in [-0.4, -0.2) is 33.2 Å². The predicted octanol–water partition coefficient (Wildman–Crippen LogP) is 2.45. The normalized spacial score (nSPS) is 13.8. The molecule has 0 fully saturated rings. The molecule has 0 spiro atoms. The summed E-state index contributed by atoms with van der Waals surface area (Å²) in [6.07, 6.45) is 1.55. The lowest BCUT2D eigenvalue weighted by Crippen LogP contribution is -2.23. The molecule has 4 nitrogen and oxygen atoms in total. The molecule has 4 heteroatoms. The fraction of sp³-hybridized carbons (Fsp3) is 0.533. The topological polar surface area (TPSA) is 44.8 Å². The summed E-state index contributed by atoms with van der Waals surface area (Å²) in [5, 5.41) is 0. The molecule has 0 amide bonds. The third kappa shape index (κ3) is 5.41. The van der Waals surface area contributed by atoms with Gasteiger partial charge in [-0.2, -0.15) is 0 Å². The standard InChI is InChI=1S/C15H22O4/c1-12(10-16)15(18-3)8-9-19-11-13-4-6-14(17-2)7-5-13/h4-7,10,12,15H,8-9,11H2,1-3H3/t12-,15-/m0/s1. The van der Waals surface area contributed by atoms with Crippen molar-refractivity contribution in [2.24, 2.45) is 5.92 Å². The molecule has 2 atom stereocenters. The first-order chi connectivity index (χ1) is 9.21. The van der Waals surface area contributed by atoms with Crippen molar-refractivity contribution < 1.29 is 19.0 Å². The molecule has 0 bridgehead atoms. The molecule has 0 N–H and O–H groups in total. The van der Waals surface area contributed by atoms with Crippen molar-refractivity contribution in [3.8, 4) is 5.75 Å². The number of carbonyl (C=O) groups is 1. The van der Waals surface area contributed by atoms with Gasteiger partial charge in [-0.15, -0.1) is 0 Å². The minimum atomic E-state index is -0.102. The van der Waals surface area contributed by atoms with E-state index in [9.17, 15) is 4.79 Å². The molecular weight excluding hydrogens is 244 g/mol. The molecule has 0 saturated heterocycles. The molecule has 0 aromatic heterocycles. The highest BCUT2D eigenvalue weighted by molar-refractivity contribution is 5.53. The second-order valence-corrected chi connectivity index (χ2v) is 4.46. The number of rotatable bonds is 9. The van der Waals surface area contributed by atoms with Gasteiger partial charge in [-0.1, -0.05) is 19.1 Å². The summed E-state index contributed by atoms with van der Waals surface area (Å²) in [7, 11) is 3.26. The van der Waals surface area contributed by atoms with E-state index in [2.05, 4.69) is 0 Å². The van der Waals surface area contributed by atoms with Gasteiger partial charge >= 0.3 is 0 Å². The summed E-state index contributed by atoms with van der Waals surface area (Å²) >= 11 is 0. The lowest BCUT2D eigenvalue weighted by Gasteiger charge is -2.17. The van der Waals surface area contributed by atoms with Gasteiger partial charge in [-0.25, -0.2) is 0 Å². The Morgan fingerprint density at radius 3 is 2.42 bits per heavy atom. The van der Waals surface area contributed by atoms with Crippen LogP contribution in [-0.2, 0) is 20.9 Å². The zero-order valence-corrected chi connectivity index (χ0v) is 11.8. The first-order valence-electron chi connectivity index (χ1n) is 6.40. The number of carbonyl (C=O) groups excluding carboxylic acids is 1. The Labute approximate surface area is 114 Å². The zero-order chi connectivity index (χ0) is 14.1. The van der Waals surface area contributed by atoms with Crippen molar-refractivity contribution in [1.82, 2.24) is 0 Å². The molecule has 1 rings (SSSR count). The smallest absolute Gasteiger partial charge is 0.125 e. The van der Waals surface area contributed by atoms with Crippen molar-refractivity contribution >= 4 is 6.29 Å². The van der Waals surface area contributed by atoms with Crippen LogP contribution in [0.3, 0.4) is 0 Å². The Kier molecular flexibility index (Phi) is 7.15. The van der Waals surface area contributed by atoms with E-state index in [1.54, 1.807) is 14.2 Å². The largest absolute Gasteiger partial charge is 0.497 e. The van der Waals surface area contributed by atoms with Crippen LogP contribution < -0.4 is 4.74 Å². The van der Waals surface area contributed by atoms with Crippen LogP contribution in [0.1, 0.15) is 18.9 Å². The van der Waals surface area contributed by atoms with Crippen LogP contribution in [0.4, 0.5) is 0 Å². The number of aldehydes is 1. The fourth-order valence-corrected chi connectivity index (χ4v) is 1.79. The molecule has 0 radical (unpaired) electrons. The van der Waals surface area contributed by atoms with E-state index in [0.717, 1.165) is 17.6 Å². The van der Waals surface area contributed by atoms with Gasteiger partial charge in [0.2, 0.25) is 0 Å². The van der Waals surface area contributed by atoms with Gasteiger partial charge in [-0.05, 0) is 24.1 Å². The maximum atomic E-state index is 10.7. The minimum absolute atomic E-state index is 0.0756. The Morgan fingerprint density at radius 2 is 1.89 bits per heavy atom. The van der Waals surface area contributed by atoms with E-state index < -0.39 is 0 Å². The first kappa shape index (κ1) is 15.7. The predicted molar refractivity (Wildman–Crippen MR) is 73.3 cm³/mol. The Hall–Kier alpha value is -1.39. The monoisotopic (exact) mass is 266 g/mol. The van der Waals surface area contributed by atoms with Crippen LogP contribution in [0.2, 0.25) is 0 Å². The van der Waals surface area contributed by atoms with Gasteiger partial charge in [0.05, 0.1) is 19.8 Å². The molecule has 19 heavy (non-hydrogen) atoms. The average molecular weight is 266 g/mol. The van der Waals surface area contributed by atoms with E-state index in [1.165, 1.54) is 0 Å². The second-order valence-electron chi connectivity index (χ2n) is 4.46. The van der Waals surface area contributed by atoms with Gasteiger partial charge in [0.1, 0.15) is 12.0 Å². The van der Waals surface area contributed by atoms with E-state index >= 15 is 0 Å². The Morgan fingerprint density at radius 1 is 1.21 bits per heavy atom. The van der Waals surface area contributed by atoms with Crippen molar-refractivity contribution in [3.05, 3.63) is 29.8 Å². The molecule has 1 aromatic rings. The summed E-state index contributed by atoms with van der Waals surface area (Å²) in [5.74, 6) is 0.734. The van der Waals surface area contributed by atoms with Crippen LogP contribution in [0.25, 0.3) is 0 Å². The molecule has 0 aliphatic carbocycles. The number of hydrogen-bond donors (Lipinski definition) is 0. The lowest BCUT2D eigenvalue weighted by molar-refractivity contribution is -0.115. The number of ether oxygens (including phenoxy) is 3. The molecule has 0 heterocycles. The van der Waals surface area contributed by atoms with Crippen molar-refractivity contribution in [2.45, 2.75) is 26.1 Å². The van der Waals surface area contributed by atoms with Crippen LogP contribution in [0.5, 0.6) is 5.75 Å². The molecule has 0 saturated carbocycles. The highest BCUT2D eigenvalue weighted by Gasteiger charge is 2.15. The van der Waals surface area contributed by atoms with Gasteiger partial charge in [0.15, 0.2) is 0 Å². The summed E-state index contributed by atoms with van der Waals surface area (Å²) in [4.78, 5) is 10.7. The average Bonchev–Trinajstić information content (AvgIpc) is 2.47. The maximum Gasteiger partial charge on any atom is 0.125 e. The molecule has 0 aliphatic rings. The summed E-state index contributed by atoms with van der Waals surface area (Å²) in [6.45, 7) is 2.98. The van der Waals surface area contributed by atoms with Crippen molar-refractivity contribution in [1.29, 1.82) is 0 Å². The number of methoxy groups -OCH3 is 2. The van der Waals surface area contributed by atoms with Crippen molar-refractivity contribution in [2.75, 3.05) is 20.8 Å². The SMILES string of the molecule is COc1ccc(COCC[C@H](OC)[C@@H](C)C=O)cc1. The highest BCUT2D eigenvalue weighted by atomic mass is 16.5. The van der Waals surface area contributed by atoms with Gasteiger partial charge in [0.25, 0.3) is 0 Å². The van der Waals surface area contributed by atoms with Crippen molar-refractivity contribution in [3.63, 3.8) is 0 Å².